The molecule has 2 heterocycles. The first kappa shape index (κ1) is 16.8. The molecule has 0 fully saturated rings. The molecule has 0 bridgehead atoms. The molecule has 0 unspecified atom stereocenters. The van der Waals surface area contributed by atoms with Crippen molar-refractivity contribution < 1.29 is 14.3 Å². The number of hydrogen-bond donors (Lipinski definition) is 1. The Morgan fingerprint density at radius 2 is 2.00 bits per heavy atom. The summed E-state index contributed by atoms with van der Waals surface area (Å²) in [6.07, 6.45) is 5.57. The maximum atomic E-state index is 12.2. The molecule has 0 atom stereocenters. The van der Waals surface area contributed by atoms with Gasteiger partial charge in [-0.2, -0.15) is 0 Å². The Bertz CT molecular complexity index is 835. The van der Waals surface area contributed by atoms with Crippen LogP contribution in [0.1, 0.15) is 47.6 Å². The zero-order valence-corrected chi connectivity index (χ0v) is 15.0. The summed E-state index contributed by atoms with van der Waals surface area (Å²) in [7, 11) is 0. The van der Waals surface area contributed by atoms with Crippen LogP contribution in [0.3, 0.4) is 0 Å². The van der Waals surface area contributed by atoms with E-state index in [-0.39, 0.29) is 12.7 Å². The number of carbonyl (C=O) groups excluding carboxylic acids is 1. The second-order valence-electron chi connectivity index (χ2n) is 6.82. The molecule has 0 spiro atoms. The van der Waals surface area contributed by atoms with Gasteiger partial charge in [0.2, 0.25) is 12.7 Å². The molecule has 1 aromatic heterocycles. The fourth-order valence-electron chi connectivity index (χ4n) is 3.54. The van der Waals surface area contributed by atoms with Crippen LogP contribution in [0.2, 0.25) is 0 Å². The first-order valence-corrected chi connectivity index (χ1v) is 9.19. The average Bonchev–Trinajstić information content (AvgIpc) is 3.12. The standard InChI is InChI=1S/C20H23N3O3/c1-13-15-4-2-3-5-16(15)23-19(22-13)11-21-20(24)9-7-14-6-8-17-18(10-14)26-12-25-17/h6,8,10H,2-5,7,9,11-12H2,1H3,(H,21,24). The summed E-state index contributed by atoms with van der Waals surface area (Å²) in [4.78, 5) is 21.4. The highest BCUT2D eigenvalue weighted by molar-refractivity contribution is 5.76. The lowest BCUT2D eigenvalue weighted by molar-refractivity contribution is -0.121. The van der Waals surface area contributed by atoms with E-state index in [2.05, 4.69) is 15.3 Å². The summed E-state index contributed by atoms with van der Waals surface area (Å²) in [5.74, 6) is 2.22. The first-order chi connectivity index (χ1) is 12.7. The van der Waals surface area contributed by atoms with E-state index in [0.29, 0.717) is 25.2 Å². The molecule has 136 valence electrons. The number of fused-ring (bicyclic) bond motifs is 2. The maximum Gasteiger partial charge on any atom is 0.231 e. The molecule has 6 heteroatoms. The average molecular weight is 353 g/mol. The molecule has 1 aliphatic heterocycles. The molecule has 0 saturated heterocycles. The van der Waals surface area contributed by atoms with Crippen molar-refractivity contribution in [3.05, 3.63) is 46.5 Å². The van der Waals surface area contributed by atoms with Crippen LogP contribution in [0.15, 0.2) is 18.2 Å². The van der Waals surface area contributed by atoms with Gasteiger partial charge < -0.3 is 14.8 Å². The van der Waals surface area contributed by atoms with Crippen LogP contribution in [0.4, 0.5) is 0 Å². The smallest absolute Gasteiger partial charge is 0.231 e. The lowest BCUT2D eigenvalue weighted by Gasteiger charge is -2.17. The van der Waals surface area contributed by atoms with Crippen molar-refractivity contribution >= 4 is 5.91 Å². The van der Waals surface area contributed by atoms with Gasteiger partial charge in [0.25, 0.3) is 0 Å². The number of aryl methyl sites for hydroxylation is 3. The van der Waals surface area contributed by atoms with Crippen molar-refractivity contribution in [2.24, 2.45) is 0 Å². The third kappa shape index (κ3) is 3.64. The summed E-state index contributed by atoms with van der Waals surface area (Å²) >= 11 is 0. The van der Waals surface area contributed by atoms with E-state index in [1.54, 1.807) is 0 Å². The topological polar surface area (TPSA) is 73.3 Å². The van der Waals surface area contributed by atoms with Crippen molar-refractivity contribution in [2.45, 2.75) is 52.0 Å². The van der Waals surface area contributed by atoms with Crippen LogP contribution in [0.5, 0.6) is 11.5 Å². The maximum absolute atomic E-state index is 12.2. The molecule has 26 heavy (non-hydrogen) atoms. The Morgan fingerprint density at radius 1 is 1.15 bits per heavy atom. The molecule has 1 N–H and O–H groups in total. The molecule has 2 aliphatic rings. The van der Waals surface area contributed by atoms with Crippen molar-refractivity contribution in [3.63, 3.8) is 0 Å². The molecule has 1 aromatic carbocycles. The van der Waals surface area contributed by atoms with Crippen LogP contribution in [0, 0.1) is 6.92 Å². The van der Waals surface area contributed by atoms with Crippen LogP contribution in [0.25, 0.3) is 0 Å². The van der Waals surface area contributed by atoms with Gasteiger partial charge >= 0.3 is 0 Å². The van der Waals surface area contributed by atoms with E-state index < -0.39 is 0 Å². The van der Waals surface area contributed by atoms with Crippen molar-refractivity contribution in [3.8, 4) is 11.5 Å². The van der Waals surface area contributed by atoms with Gasteiger partial charge in [-0.3, -0.25) is 4.79 Å². The zero-order valence-electron chi connectivity index (χ0n) is 15.0. The highest BCUT2D eigenvalue weighted by atomic mass is 16.7. The minimum absolute atomic E-state index is 0.00152. The van der Waals surface area contributed by atoms with E-state index in [9.17, 15) is 4.79 Å². The van der Waals surface area contributed by atoms with Crippen LogP contribution < -0.4 is 14.8 Å². The molecule has 0 saturated carbocycles. The van der Waals surface area contributed by atoms with Gasteiger partial charge in [0.15, 0.2) is 11.5 Å². The van der Waals surface area contributed by atoms with Crippen molar-refractivity contribution in [1.29, 1.82) is 0 Å². The van der Waals surface area contributed by atoms with Crippen molar-refractivity contribution in [1.82, 2.24) is 15.3 Å². The number of rotatable bonds is 5. The molecular weight excluding hydrogens is 330 g/mol. The van der Waals surface area contributed by atoms with Gasteiger partial charge in [-0.1, -0.05) is 6.07 Å². The number of benzene rings is 1. The lowest BCUT2D eigenvalue weighted by Crippen LogP contribution is -2.25. The Kier molecular flexibility index (Phi) is 4.73. The highest BCUT2D eigenvalue weighted by Crippen LogP contribution is 2.32. The molecule has 6 nitrogen and oxygen atoms in total. The normalized spacial score (nSPS) is 14.8. The van der Waals surface area contributed by atoms with Crippen molar-refractivity contribution in [2.75, 3.05) is 6.79 Å². The van der Waals surface area contributed by atoms with Gasteiger partial charge in [0, 0.05) is 17.8 Å². The largest absolute Gasteiger partial charge is 0.454 e. The number of ether oxygens (including phenoxy) is 2. The highest BCUT2D eigenvalue weighted by Gasteiger charge is 2.16. The molecule has 4 rings (SSSR count). The molecular formula is C20H23N3O3. The SMILES string of the molecule is Cc1nc(CNC(=O)CCc2ccc3c(c2)OCO3)nc2c1CCCC2. The predicted molar refractivity (Wildman–Crippen MR) is 96.1 cm³/mol. The second kappa shape index (κ2) is 7.32. The number of nitrogens with one attached hydrogen (secondary N) is 1. The van der Waals surface area contributed by atoms with E-state index in [0.717, 1.165) is 41.3 Å². The van der Waals surface area contributed by atoms with Gasteiger partial charge in [-0.25, -0.2) is 9.97 Å². The third-order valence-corrected chi connectivity index (χ3v) is 4.96. The summed E-state index contributed by atoms with van der Waals surface area (Å²) < 4.78 is 10.7. The Morgan fingerprint density at radius 3 is 2.92 bits per heavy atom. The predicted octanol–water partition coefficient (Wildman–Crippen LogP) is 2.64. The summed E-state index contributed by atoms with van der Waals surface area (Å²) in [6.45, 7) is 2.68. The van der Waals surface area contributed by atoms with E-state index in [4.69, 9.17) is 9.47 Å². The lowest BCUT2D eigenvalue weighted by atomic mass is 9.95. The molecule has 1 aliphatic carbocycles. The quantitative estimate of drug-likeness (QED) is 0.894. The van der Waals surface area contributed by atoms with Gasteiger partial charge in [0.1, 0.15) is 5.82 Å². The summed E-state index contributed by atoms with van der Waals surface area (Å²) in [5.41, 5.74) is 4.58. The Balaban J connectivity index is 1.31. The Labute approximate surface area is 153 Å². The Hall–Kier alpha value is -2.63. The third-order valence-electron chi connectivity index (χ3n) is 4.96. The van der Waals surface area contributed by atoms with Crippen LogP contribution in [-0.4, -0.2) is 22.7 Å². The monoisotopic (exact) mass is 353 g/mol. The minimum atomic E-state index is 0.00152. The van der Waals surface area contributed by atoms with Gasteiger partial charge in [-0.15, -0.1) is 0 Å². The summed E-state index contributed by atoms with van der Waals surface area (Å²) in [6, 6.07) is 5.79. The number of nitrogens with zero attached hydrogens (tertiary/aromatic N) is 2. The molecule has 1 amide bonds. The van der Waals surface area contributed by atoms with Crippen LogP contribution >= 0.6 is 0 Å². The van der Waals surface area contributed by atoms with E-state index in [1.165, 1.54) is 18.4 Å². The number of hydrogen-bond acceptors (Lipinski definition) is 5. The minimum Gasteiger partial charge on any atom is -0.454 e. The number of amides is 1. The number of carbonyl (C=O) groups is 1. The fraction of sp³-hybridized carbons (Fsp3) is 0.450. The second-order valence-corrected chi connectivity index (χ2v) is 6.82. The fourth-order valence-corrected chi connectivity index (χ4v) is 3.54. The molecule has 0 radical (unpaired) electrons. The van der Waals surface area contributed by atoms with E-state index >= 15 is 0 Å². The van der Waals surface area contributed by atoms with E-state index in [1.807, 2.05) is 25.1 Å². The molecule has 2 aromatic rings. The summed E-state index contributed by atoms with van der Waals surface area (Å²) in [5, 5.41) is 2.94. The van der Waals surface area contributed by atoms with Crippen LogP contribution in [-0.2, 0) is 30.6 Å². The zero-order chi connectivity index (χ0) is 17.9. The van der Waals surface area contributed by atoms with Gasteiger partial charge in [-0.05, 0) is 62.3 Å². The van der Waals surface area contributed by atoms with Gasteiger partial charge in [0.05, 0.1) is 6.54 Å². The number of aromatic nitrogens is 2. The first-order valence-electron chi connectivity index (χ1n) is 9.19.